The third-order valence-electron chi connectivity index (χ3n) is 4.33. The van der Waals surface area contributed by atoms with Crippen molar-refractivity contribution in [2.24, 2.45) is 0 Å². The molecule has 0 radical (unpaired) electrons. The third kappa shape index (κ3) is 5.33. The minimum atomic E-state index is -0.895. The van der Waals surface area contributed by atoms with Gasteiger partial charge in [0.25, 0.3) is 0 Å². The van der Waals surface area contributed by atoms with Crippen LogP contribution < -0.4 is 10.6 Å². The molecule has 1 aromatic rings. The first-order valence-corrected chi connectivity index (χ1v) is 8.10. The molecule has 0 spiro atoms. The second-order valence-electron chi connectivity index (χ2n) is 6.30. The molecule has 0 bridgehead atoms. The predicted molar refractivity (Wildman–Crippen MR) is 87.0 cm³/mol. The Bertz CT molecular complexity index is 632. The van der Waals surface area contributed by atoms with E-state index in [1.54, 1.807) is 6.20 Å². The van der Waals surface area contributed by atoms with Gasteiger partial charge in [0.1, 0.15) is 0 Å². The monoisotopic (exact) mass is 333 g/mol. The van der Waals surface area contributed by atoms with E-state index >= 15 is 0 Å². The number of aromatic nitrogens is 1. The molecule has 1 fully saturated rings. The highest BCUT2D eigenvalue weighted by molar-refractivity contribution is 5.80. The van der Waals surface area contributed by atoms with E-state index in [0.717, 1.165) is 11.3 Å². The number of nitrogens with one attached hydrogen (secondary N) is 2. The first kappa shape index (κ1) is 17.9. The molecule has 1 aromatic heterocycles. The van der Waals surface area contributed by atoms with Gasteiger partial charge in [0, 0.05) is 43.2 Å². The fourth-order valence-electron chi connectivity index (χ4n) is 2.98. The molecule has 3 N–H and O–H groups in total. The summed E-state index contributed by atoms with van der Waals surface area (Å²) in [6.45, 7) is 2.32. The smallest absolute Gasteiger partial charge is 0.303 e. The highest BCUT2D eigenvalue weighted by atomic mass is 16.4. The van der Waals surface area contributed by atoms with E-state index in [-0.39, 0.29) is 24.7 Å². The molecular weight excluding hydrogens is 310 g/mol. The number of pyridine rings is 1. The number of aliphatic carboxylic acids is 1. The summed E-state index contributed by atoms with van der Waals surface area (Å²) >= 11 is 0. The predicted octanol–water partition coefficient (Wildman–Crippen LogP) is 1.30. The molecule has 2 amide bonds. The summed E-state index contributed by atoms with van der Waals surface area (Å²) in [4.78, 5) is 38.5. The Labute approximate surface area is 140 Å². The van der Waals surface area contributed by atoms with Gasteiger partial charge in [-0.05, 0) is 43.9 Å². The second kappa shape index (κ2) is 7.90. The lowest BCUT2D eigenvalue weighted by atomic mass is 9.86. The maximum Gasteiger partial charge on any atom is 0.303 e. The highest BCUT2D eigenvalue weighted by Crippen LogP contribution is 2.30. The summed E-state index contributed by atoms with van der Waals surface area (Å²) in [6.07, 6.45) is 3.71. The fraction of sp³-hybridized carbons (Fsp3) is 0.529. The number of amides is 2. The van der Waals surface area contributed by atoms with Crippen molar-refractivity contribution in [3.63, 3.8) is 0 Å². The quantitative estimate of drug-likeness (QED) is 0.664. The molecule has 0 aromatic carbocycles. The van der Waals surface area contributed by atoms with Crippen LogP contribution in [0.1, 0.15) is 49.8 Å². The van der Waals surface area contributed by atoms with Crippen LogP contribution in [0.2, 0.25) is 0 Å². The molecule has 1 aliphatic rings. The van der Waals surface area contributed by atoms with Crippen LogP contribution in [0.3, 0.4) is 0 Å². The van der Waals surface area contributed by atoms with Gasteiger partial charge in [0.15, 0.2) is 0 Å². The highest BCUT2D eigenvalue weighted by Gasteiger charge is 2.37. The normalized spacial score (nSPS) is 19.8. The fourth-order valence-corrected chi connectivity index (χ4v) is 2.98. The molecule has 130 valence electrons. The standard InChI is InChI=1S/C17H23N3O4/c1-12-10-13(5-9-18-12)11-19-14(21)2-6-17(8-4-16(23)24)7-3-15(22)20-17/h5,9-10H,2-4,6-8,11H2,1H3,(H,19,21)(H,20,22)(H,23,24). The van der Waals surface area contributed by atoms with E-state index in [2.05, 4.69) is 15.6 Å². The number of carbonyl (C=O) groups is 3. The van der Waals surface area contributed by atoms with Gasteiger partial charge >= 0.3 is 5.97 Å². The average molecular weight is 333 g/mol. The van der Waals surface area contributed by atoms with Crippen molar-refractivity contribution in [2.45, 2.75) is 57.5 Å². The van der Waals surface area contributed by atoms with Gasteiger partial charge in [-0.1, -0.05) is 0 Å². The van der Waals surface area contributed by atoms with E-state index in [0.29, 0.717) is 32.2 Å². The first-order valence-electron chi connectivity index (χ1n) is 8.10. The molecule has 1 unspecified atom stereocenters. The van der Waals surface area contributed by atoms with Crippen molar-refractivity contribution in [2.75, 3.05) is 0 Å². The Hall–Kier alpha value is -2.44. The number of nitrogens with zero attached hydrogens (tertiary/aromatic N) is 1. The Kier molecular flexibility index (Phi) is 5.89. The number of hydrogen-bond donors (Lipinski definition) is 3. The average Bonchev–Trinajstić information content (AvgIpc) is 2.91. The van der Waals surface area contributed by atoms with Crippen molar-refractivity contribution in [1.82, 2.24) is 15.6 Å². The zero-order valence-electron chi connectivity index (χ0n) is 13.8. The van der Waals surface area contributed by atoms with Crippen LogP contribution in [-0.4, -0.2) is 33.4 Å². The van der Waals surface area contributed by atoms with Crippen LogP contribution >= 0.6 is 0 Å². The summed E-state index contributed by atoms with van der Waals surface area (Å²) in [5.74, 6) is -1.08. The van der Waals surface area contributed by atoms with E-state index in [1.807, 2.05) is 19.1 Å². The molecule has 1 atom stereocenters. The number of hydrogen-bond acceptors (Lipinski definition) is 4. The molecule has 0 aliphatic carbocycles. The number of carboxylic acid groups (broad SMARTS) is 1. The van der Waals surface area contributed by atoms with Crippen molar-refractivity contribution in [1.29, 1.82) is 0 Å². The number of carboxylic acids is 1. The van der Waals surface area contributed by atoms with Gasteiger partial charge in [0.05, 0.1) is 0 Å². The lowest BCUT2D eigenvalue weighted by Gasteiger charge is -2.28. The summed E-state index contributed by atoms with van der Waals surface area (Å²) in [7, 11) is 0. The van der Waals surface area contributed by atoms with Crippen LogP contribution in [0, 0.1) is 6.92 Å². The van der Waals surface area contributed by atoms with Gasteiger partial charge in [-0.25, -0.2) is 0 Å². The van der Waals surface area contributed by atoms with Crippen molar-refractivity contribution in [3.8, 4) is 0 Å². The molecule has 7 heteroatoms. The van der Waals surface area contributed by atoms with Gasteiger partial charge in [-0.3, -0.25) is 19.4 Å². The van der Waals surface area contributed by atoms with Gasteiger partial charge in [-0.15, -0.1) is 0 Å². The second-order valence-corrected chi connectivity index (χ2v) is 6.30. The van der Waals surface area contributed by atoms with Crippen LogP contribution in [0.25, 0.3) is 0 Å². The summed E-state index contributed by atoms with van der Waals surface area (Å²) < 4.78 is 0. The van der Waals surface area contributed by atoms with Gasteiger partial charge < -0.3 is 15.7 Å². The molecule has 2 heterocycles. The summed E-state index contributed by atoms with van der Waals surface area (Å²) in [5, 5.41) is 14.6. The maximum absolute atomic E-state index is 12.1. The zero-order chi connectivity index (χ0) is 17.6. The molecule has 2 rings (SSSR count). The van der Waals surface area contributed by atoms with Crippen LogP contribution in [0.15, 0.2) is 18.3 Å². The number of rotatable bonds is 8. The molecule has 1 aliphatic heterocycles. The Balaban J connectivity index is 1.83. The lowest BCUT2D eigenvalue weighted by molar-refractivity contribution is -0.137. The lowest BCUT2D eigenvalue weighted by Crippen LogP contribution is -2.43. The Morgan fingerprint density at radius 2 is 2.12 bits per heavy atom. The minimum Gasteiger partial charge on any atom is -0.481 e. The topological polar surface area (TPSA) is 108 Å². The Morgan fingerprint density at radius 3 is 2.75 bits per heavy atom. The molecule has 24 heavy (non-hydrogen) atoms. The molecular formula is C17H23N3O4. The van der Waals surface area contributed by atoms with Gasteiger partial charge in [-0.2, -0.15) is 0 Å². The van der Waals surface area contributed by atoms with Crippen molar-refractivity contribution < 1.29 is 19.5 Å². The number of carbonyl (C=O) groups excluding carboxylic acids is 2. The third-order valence-corrected chi connectivity index (χ3v) is 4.33. The van der Waals surface area contributed by atoms with Crippen LogP contribution in [-0.2, 0) is 20.9 Å². The van der Waals surface area contributed by atoms with Crippen LogP contribution in [0.5, 0.6) is 0 Å². The SMILES string of the molecule is Cc1cc(CNC(=O)CCC2(CCC(=O)O)CCC(=O)N2)ccn1. The van der Waals surface area contributed by atoms with Crippen molar-refractivity contribution >= 4 is 17.8 Å². The molecule has 7 nitrogen and oxygen atoms in total. The van der Waals surface area contributed by atoms with Gasteiger partial charge in [0.2, 0.25) is 11.8 Å². The summed E-state index contributed by atoms with van der Waals surface area (Å²) in [6, 6.07) is 3.75. The minimum absolute atomic E-state index is 0.0157. The van der Waals surface area contributed by atoms with Crippen LogP contribution in [0.4, 0.5) is 0 Å². The van der Waals surface area contributed by atoms with E-state index in [9.17, 15) is 14.4 Å². The molecule has 0 saturated carbocycles. The van der Waals surface area contributed by atoms with E-state index in [4.69, 9.17) is 5.11 Å². The first-order chi connectivity index (χ1) is 11.4. The van der Waals surface area contributed by atoms with Crippen molar-refractivity contribution in [3.05, 3.63) is 29.6 Å². The summed E-state index contributed by atoms with van der Waals surface area (Å²) in [5.41, 5.74) is 1.30. The number of aryl methyl sites for hydroxylation is 1. The maximum atomic E-state index is 12.1. The van der Waals surface area contributed by atoms with E-state index < -0.39 is 11.5 Å². The Morgan fingerprint density at radius 1 is 1.38 bits per heavy atom. The largest absolute Gasteiger partial charge is 0.481 e. The zero-order valence-corrected chi connectivity index (χ0v) is 13.8. The molecule has 1 saturated heterocycles. The van der Waals surface area contributed by atoms with E-state index in [1.165, 1.54) is 0 Å².